The van der Waals surface area contributed by atoms with Crippen LogP contribution in [0.5, 0.6) is 0 Å². The van der Waals surface area contributed by atoms with Crippen LogP contribution in [0.4, 0.5) is 10.1 Å². The zero-order chi connectivity index (χ0) is 20.6. The van der Waals surface area contributed by atoms with E-state index in [9.17, 15) is 9.18 Å². The van der Waals surface area contributed by atoms with Crippen molar-refractivity contribution in [1.82, 2.24) is 15.5 Å². The lowest BCUT2D eigenvalue weighted by atomic mass is 10.1. The highest BCUT2D eigenvalue weighted by Gasteiger charge is 2.12. The van der Waals surface area contributed by atoms with Gasteiger partial charge in [0, 0.05) is 44.2 Å². The van der Waals surface area contributed by atoms with Gasteiger partial charge in [-0.25, -0.2) is 4.39 Å². The molecule has 0 aliphatic carbocycles. The molecule has 3 aromatic rings. The van der Waals surface area contributed by atoms with Crippen LogP contribution in [0, 0.1) is 12.7 Å². The van der Waals surface area contributed by atoms with Crippen molar-refractivity contribution in [1.29, 1.82) is 0 Å². The third kappa shape index (κ3) is 5.88. The fraction of sp³-hybridized carbons (Fsp3) is 0.318. The Morgan fingerprint density at radius 3 is 2.76 bits per heavy atom. The number of aryl methyl sites for hydroxylation is 2. The number of amides is 1. The number of carbonyl (C=O) groups excluding carboxylic acids is 1. The molecule has 152 valence electrons. The molecule has 0 aliphatic heterocycles. The van der Waals surface area contributed by atoms with E-state index in [0.29, 0.717) is 35.8 Å². The summed E-state index contributed by atoms with van der Waals surface area (Å²) >= 11 is 0. The molecule has 0 unspecified atom stereocenters. The van der Waals surface area contributed by atoms with Gasteiger partial charge < -0.3 is 14.7 Å². The molecule has 6 nitrogen and oxygen atoms in total. The first-order valence-corrected chi connectivity index (χ1v) is 9.65. The van der Waals surface area contributed by atoms with E-state index in [0.717, 1.165) is 18.7 Å². The van der Waals surface area contributed by atoms with Crippen LogP contribution in [-0.2, 0) is 11.2 Å². The topological polar surface area (TPSA) is 71.3 Å². The molecule has 1 amide bonds. The molecule has 0 spiro atoms. The largest absolute Gasteiger partial charge is 0.375 e. The maximum Gasteiger partial charge on any atom is 0.227 e. The van der Waals surface area contributed by atoms with E-state index >= 15 is 0 Å². The van der Waals surface area contributed by atoms with Crippen LogP contribution in [0.25, 0.3) is 11.4 Å². The number of nitrogens with zero attached hydrogens (tertiary/aromatic N) is 3. The van der Waals surface area contributed by atoms with Crippen LogP contribution in [0.15, 0.2) is 53.1 Å². The van der Waals surface area contributed by atoms with Crippen molar-refractivity contribution in [2.75, 3.05) is 25.0 Å². The number of hydrogen-bond donors (Lipinski definition) is 1. The minimum Gasteiger partial charge on any atom is -0.375 e. The summed E-state index contributed by atoms with van der Waals surface area (Å²) in [6.45, 7) is 3.15. The van der Waals surface area contributed by atoms with E-state index in [1.165, 1.54) is 6.07 Å². The summed E-state index contributed by atoms with van der Waals surface area (Å²) < 4.78 is 18.9. The summed E-state index contributed by atoms with van der Waals surface area (Å²) in [4.78, 5) is 18.4. The maximum absolute atomic E-state index is 13.7. The van der Waals surface area contributed by atoms with Crippen LogP contribution in [-0.4, -0.2) is 36.2 Å². The smallest absolute Gasteiger partial charge is 0.227 e. The van der Waals surface area contributed by atoms with Gasteiger partial charge in [0.2, 0.25) is 17.6 Å². The van der Waals surface area contributed by atoms with Gasteiger partial charge in [-0.1, -0.05) is 35.5 Å². The Morgan fingerprint density at radius 2 is 2.00 bits per heavy atom. The van der Waals surface area contributed by atoms with Crippen molar-refractivity contribution in [3.05, 3.63) is 65.8 Å². The fourth-order valence-electron chi connectivity index (χ4n) is 2.87. The molecule has 7 heteroatoms. The summed E-state index contributed by atoms with van der Waals surface area (Å²) in [5.41, 5.74) is 2.26. The summed E-state index contributed by atoms with van der Waals surface area (Å²) in [6.07, 6.45) is 1.45. The Labute approximate surface area is 169 Å². The first kappa shape index (κ1) is 20.5. The van der Waals surface area contributed by atoms with Gasteiger partial charge in [0.05, 0.1) is 0 Å². The molecule has 0 fully saturated rings. The lowest BCUT2D eigenvalue weighted by Crippen LogP contribution is -2.28. The van der Waals surface area contributed by atoms with Gasteiger partial charge >= 0.3 is 0 Å². The molecule has 0 saturated carbocycles. The number of aromatic nitrogens is 2. The molecule has 2 aromatic carbocycles. The second-order valence-corrected chi connectivity index (χ2v) is 6.94. The van der Waals surface area contributed by atoms with Crippen molar-refractivity contribution in [2.24, 2.45) is 0 Å². The van der Waals surface area contributed by atoms with E-state index in [1.807, 2.05) is 25.2 Å². The second-order valence-electron chi connectivity index (χ2n) is 6.94. The molecule has 1 heterocycles. The molecule has 3 rings (SSSR count). The number of hydrogen-bond acceptors (Lipinski definition) is 5. The number of rotatable bonds is 9. The highest BCUT2D eigenvalue weighted by Crippen LogP contribution is 2.19. The van der Waals surface area contributed by atoms with Crippen molar-refractivity contribution in [2.45, 2.75) is 26.2 Å². The molecule has 0 atom stereocenters. The van der Waals surface area contributed by atoms with Crippen molar-refractivity contribution in [3.63, 3.8) is 0 Å². The third-order valence-corrected chi connectivity index (χ3v) is 4.65. The zero-order valence-electron chi connectivity index (χ0n) is 16.7. The van der Waals surface area contributed by atoms with Crippen molar-refractivity contribution in [3.8, 4) is 11.4 Å². The first-order valence-electron chi connectivity index (χ1n) is 9.65. The minimum atomic E-state index is -0.314. The zero-order valence-corrected chi connectivity index (χ0v) is 16.7. The standard InChI is InChI=1S/C22H25FN4O2/c1-16-9-10-17(15-19(16)23)22-25-21(29-26-22)12-11-20(28)24-13-6-14-27(2)18-7-4-3-5-8-18/h3-5,7-10,15H,6,11-14H2,1-2H3,(H,24,28). The molecule has 29 heavy (non-hydrogen) atoms. The molecule has 0 saturated heterocycles. The second kappa shape index (κ2) is 9.82. The van der Waals surface area contributed by atoms with Gasteiger partial charge in [-0.15, -0.1) is 0 Å². The molecular formula is C22H25FN4O2. The summed E-state index contributed by atoms with van der Waals surface area (Å²) in [7, 11) is 2.03. The van der Waals surface area contributed by atoms with E-state index in [-0.39, 0.29) is 18.1 Å². The molecule has 1 N–H and O–H groups in total. The van der Waals surface area contributed by atoms with E-state index in [4.69, 9.17) is 4.52 Å². The Kier molecular flexibility index (Phi) is 6.94. The Morgan fingerprint density at radius 1 is 1.21 bits per heavy atom. The maximum atomic E-state index is 13.7. The SMILES string of the molecule is Cc1ccc(-c2noc(CCC(=O)NCCCN(C)c3ccccc3)n2)cc1F. The number of anilines is 1. The Bertz CT molecular complexity index is 943. The van der Waals surface area contributed by atoms with Crippen LogP contribution in [0.2, 0.25) is 0 Å². The van der Waals surface area contributed by atoms with E-state index in [2.05, 4.69) is 32.5 Å². The normalized spacial score (nSPS) is 10.7. The van der Waals surface area contributed by atoms with Gasteiger partial charge in [-0.2, -0.15) is 4.98 Å². The van der Waals surface area contributed by atoms with Crippen LogP contribution in [0.3, 0.4) is 0 Å². The van der Waals surface area contributed by atoms with Gasteiger partial charge in [0.25, 0.3) is 0 Å². The molecular weight excluding hydrogens is 371 g/mol. The predicted octanol–water partition coefficient (Wildman–Crippen LogP) is 3.76. The summed E-state index contributed by atoms with van der Waals surface area (Å²) in [5.74, 6) is 0.308. The number of carbonyl (C=O) groups is 1. The lowest BCUT2D eigenvalue weighted by Gasteiger charge is -2.19. The molecule has 0 aliphatic rings. The Balaban J connectivity index is 1.38. The highest BCUT2D eigenvalue weighted by molar-refractivity contribution is 5.76. The van der Waals surface area contributed by atoms with Crippen LogP contribution < -0.4 is 10.2 Å². The molecule has 0 bridgehead atoms. The average molecular weight is 396 g/mol. The summed E-state index contributed by atoms with van der Waals surface area (Å²) in [6, 6.07) is 14.9. The van der Waals surface area contributed by atoms with E-state index in [1.54, 1.807) is 19.1 Å². The van der Waals surface area contributed by atoms with E-state index < -0.39 is 0 Å². The van der Waals surface area contributed by atoms with Crippen LogP contribution in [0.1, 0.15) is 24.3 Å². The van der Waals surface area contributed by atoms with Gasteiger partial charge in [0.1, 0.15) is 5.82 Å². The van der Waals surface area contributed by atoms with Crippen molar-refractivity contribution < 1.29 is 13.7 Å². The number of benzene rings is 2. The number of halogens is 1. The predicted molar refractivity (Wildman–Crippen MR) is 110 cm³/mol. The Hall–Kier alpha value is -3.22. The van der Waals surface area contributed by atoms with Gasteiger partial charge in [-0.3, -0.25) is 4.79 Å². The monoisotopic (exact) mass is 396 g/mol. The third-order valence-electron chi connectivity index (χ3n) is 4.65. The van der Waals surface area contributed by atoms with Gasteiger partial charge in [-0.05, 0) is 37.1 Å². The fourth-order valence-corrected chi connectivity index (χ4v) is 2.87. The highest BCUT2D eigenvalue weighted by atomic mass is 19.1. The number of para-hydroxylation sites is 1. The number of nitrogens with one attached hydrogen (secondary N) is 1. The minimum absolute atomic E-state index is 0.0616. The van der Waals surface area contributed by atoms with Crippen LogP contribution >= 0.6 is 0 Å². The quantitative estimate of drug-likeness (QED) is 0.558. The lowest BCUT2D eigenvalue weighted by molar-refractivity contribution is -0.121. The summed E-state index contributed by atoms with van der Waals surface area (Å²) in [5, 5.41) is 6.78. The average Bonchev–Trinajstić information content (AvgIpc) is 3.21. The van der Waals surface area contributed by atoms with Crippen molar-refractivity contribution >= 4 is 11.6 Å². The molecule has 0 radical (unpaired) electrons. The first-order chi connectivity index (χ1) is 14.0. The molecule has 1 aromatic heterocycles. The van der Waals surface area contributed by atoms with Gasteiger partial charge in [0.15, 0.2) is 0 Å².